The molecule has 0 radical (unpaired) electrons. The van der Waals surface area contributed by atoms with Gasteiger partial charge >= 0.3 is 0 Å². The smallest absolute Gasteiger partial charge is 0.142 e. The monoisotopic (exact) mass is 586 g/mol. The minimum absolute atomic E-state index is 0.0163. The van der Waals surface area contributed by atoms with Crippen LogP contribution < -0.4 is 26.6 Å². The lowest BCUT2D eigenvalue weighted by Crippen LogP contribution is -2.69. The van der Waals surface area contributed by atoms with Crippen molar-refractivity contribution in [3.05, 3.63) is 23.8 Å². The Hall–Kier alpha value is -1.58. The fourth-order valence-corrected chi connectivity index (χ4v) is 7.98. The number of hydrogen-bond acceptors (Lipinski definition) is 12. The van der Waals surface area contributed by atoms with Gasteiger partial charge in [0.15, 0.2) is 0 Å². The number of likely N-dealkylation sites (N-methyl/N-ethyl adjacent to an activating group) is 2. The largest absolute Gasteiger partial charge is 0.387 e. The number of nitrogens with one attached hydrogen (secondary N) is 3. The van der Waals surface area contributed by atoms with Gasteiger partial charge in [0.05, 0.1) is 62.5 Å². The second-order valence-corrected chi connectivity index (χ2v) is 13.4. The first-order chi connectivity index (χ1) is 20.3. The Kier molecular flexibility index (Phi) is 8.14. The summed E-state index contributed by atoms with van der Waals surface area (Å²) in [5.41, 5.74) is 10.2. The highest BCUT2D eigenvalue weighted by molar-refractivity contribution is 5.76. The number of anilines is 2. The molecule has 1 saturated carbocycles. The highest BCUT2D eigenvalue weighted by Crippen LogP contribution is 2.41. The van der Waals surface area contributed by atoms with Gasteiger partial charge in [0, 0.05) is 25.6 Å². The Balaban J connectivity index is 0.877. The van der Waals surface area contributed by atoms with E-state index < -0.39 is 24.5 Å². The third-order valence-corrected chi connectivity index (χ3v) is 11.0. The van der Waals surface area contributed by atoms with Gasteiger partial charge in [-0.1, -0.05) is 13.0 Å². The molecule has 0 bridgehead atoms. The standard InChI is InChI=1S/C30H50N8O4/c1-4-37-15-33-28(31)25-29(37)38(16-32-25)30-27(40)26(39)23(42-30)12-35(2)20-9-17(10-20)5-8-24-34-21-7-6-18(19-13-41-14-19)11-22(21)36(24)3/h6-7,11,17,19-20,23-30,32-34,39-40H,4-5,8-10,12-16,31H2,1-3H3/t17-,20+,23-,24?,25?,26-,27-,28?,29?,30-/m1/s1. The van der Waals surface area contributed by atoms with Gasteiger partial charge in [-0.15, -0.1) is 0 Å². The second-order valence-electron chi connectivity index (χ2n) is 13.4. The Labute approximate surface area is 249 Å². The number of nitrogens with two attached hydrogens (primary N) is 1. The second kappa shape index (κ2) is 11.7. The molecule has 234 valence electrons. The Morgan fingerprint density at radius 3 is 2.64 bits per heavy atom. The first-order valence-corrected chi connectivity index (χ1v) is 16.0. The van der Waals surface area contributed by atoms with Crippen molar-refractivity contribution >= 4 is 11.4 Å². The maximum absolute atomic E-state index is 11.0. The molecule has 12 nitrogen and oxygen atoms in total. The number of rotatable bonds is 9. The maximum Gasteiger partial charge on any atom is 0.142 e. The van der Waals surface area contributed by atoms with Crippen LogP contribution in [0.4, 0.5) is 11.4 Å². The zero-order chi connectivity index (χ0) is 29.1. The van der Waals surface area contributed by atoms with E-state index in [1.165, 1.54) is 23.4 Å². The molecule has 8 atom stereocenters. The average molecular weight is 587 g/mol. The molecule has 4 saturated heterocycles. The van der Waals surface area contributed by atoms with Crippen molar-refractivity contribution in [3.63, 3.8) is 0 Å². The molecule has 5 aliphatic heterocycles. The highest BCUT2D eigenvalue weighted by atomic mass is 16.6. The Morgan fingerprint density at radius 2 is 1.90 bits per heavy atom. The van der Waals surface area contributed by atoms with E-state index in [0.717, 1.165) is 39.0 Å². The lowest BCUT2D eigenvalue weighted by molar-refractivity contribution is -0.131. The Bertz CT molecular complexity index is 1110. The van der Waals surface area contributed by atoms with Crippen LogP contribution in [0.25, 0.3) is 0 Å². The van der Waals surface area contributed by atoms with E-state index in [-0.39, 0.29) is 18.4 Å². The van der Waals surface area contributed by atoms with E-state index in [1.807, 2.05) is 0 Å². The van der Waals surface area contributed by atoms with Crippen molar-refractivity contribution < 1.29 is 19.7 Å². The third-order valence-electron chi connectivity index (χ3n) is 11.0. The average Bonchev–Trinajstić information content (AvgIpc) is 3.58. The quantitative estimate of drug-likeness (QED) is 0.226. The fourth-order valence-electron chi connectivity index (χ4n) is 7.98. The minimum atomic E-state index is -0.957. The fraction of sp³-hybridized carbons (Fsp3) is 0.800. The summed E-state index contributed by atoms with van der Waals surface area (Å²) in [5, 5.41) is 32.6. The normalized spacial score (nSPS) is 40.6. The molecule has 12 heteroatoms. The van der Waals surface area contributed by atoms with Crippen molar-refractivity contribution in [2.45, 2.75) is 93.6 Å². The van der Waals surface area contributed by atoms with E-state index in [1.54, 1.807) is 0 Å². The summed E-state index contributed by atoms with van der Waals surface area (Å²) in [6.07, 6.45) is 1.97. The summed E-state index contributed by atoms with van der Waals surface area (Å²) in [5.74, 6) is 1.25. The molecule has 7 rings (SSSR count). The van der Waals surface area contributed by atoms with E-state index in [0.29, 0.717) is 43.9 Å². The molecule has 4 unspecified atom stereocenters. The molecule has 1 aromatic rings. The van der Waals surface area contributed by atoms with Crippen LogP contribution >= 0.6 is 0 Å². The number of aliphatic hydroxyl groups excluding tert-OH is 2. The van der Waals surface area contributed by atoms with Crippen LogP contribution in [0.2, 0.25) is 0 Å². The van der Waals surface area contributed by atoms with E-state index in [9.17, 15) is 10.2 Å². The molecule has 0 spiro atoms. The molecule has 0 aromatic heterocycles. The van der Waals surface area contributed by atoms with Gasteiger partial charge < -0.3 is 40.5 Å². The van der Waals surface area contributed by atoms with Gasteiger partial charge in [-0.2, -0.15) is 0 Å². The number of fused-ring (bicyclic) bond motifs is 2. The number of nitrogens with zero attached hydrogens (tertiary/aromatic N) is 4. The van der Waals surface area contributed by atoms with E-state index in [4.69, 9.17) is 15.2 Å². The predicted molar refractivity (Wildman–Crippen MR) is 161 cm³/mol. The molecule has 5 fully saturated rings. The van der Waals surface area contributed by atoms with Crippen LogP contribution in [-0.4, -0.2) is 134 Å². The van der Waals surface area contributed by atoms with Gasteiger partial charge in [0.2, 0.25) is 0 Å². The van der Waals surface area contributed by atoms with E-state index in [2.05, 4.69) is 74.8 Å². The van der Waals surface area contributed by atoms with Crippen molar-refractivity contribution in [2.24, 2.45) is 11.7 Å². The van der Waals surface area contributed by atoms with Crippen molar-refractivity contribution in [2.75, 3.05) is 64.0 Å². The van der Waals surface area contributed by atoms with Crippen molar-refractivity contribution in [1.82, 2.24) is 25.3 Å². The summed E-state index contributed by atoms with van der Waals surface area (Å²) < 4.78 is 11.8. The van der Waals surface area contributed by atoms with Gasteiger partial charge in [0.25, 0.3) is 0 Å². The summed E-state index contributed by atoms with van der Waals surface area (Å²) in [6.45, 7) is 6.52. The Morgan fingerprint density at radius 1 is 1.10 bits per heavy atom. The lowest BCUT2D eigenvalue weighted by Gasteiger charge is -2.45. The number of benzene rings is 1. The maximum atomic E-state index is 11.0. The zero-order valence-corrected chi connectivity index (χ0v) is 25.2. The van der Waals surface area contributed by atoms with Crippen LogP contribution in [0.3, 0.4) is 0 Å². The van der Waals surface area contributed by atoms with Crippen LogP contribution in [0.5, 0.6) is 0 Å². The van der Waals surface area contributed by atoms with Gasteiger partial charge in [0.1, 0.15) is 24.5 Å². The van der Waals surface area contributed by atoms with Crippen molar-refractivity contribution in [1.29, 1.82) is 0 Å². The molecule has 0 amide bonds. The predicted octanol–water partition coefficient (Wildman–Crippen LogP) is -0.350. The first kappa shape index (κ1) is 29.1. The molecule has 42 heavy (non-hydrogen) atoms. The van der Waals surface area contributed by atoms with Crippen LogP contribution in [0.1, 0.15) is 44.1 Å². The number of ether oxygens (including phenoxy) is 2. The SMILES string of the molecule is CCN1CNC(N)C2NCN([C@@H]3O[C@H](CN(C)[C@H]4C[C@@H](CCC5Nc6ccc(C7COC7)cc6N5C)C4)[C@@H](O)[C@H]3O)C21. The zero-order valence-electron chi connectivity index (χ0n) is 25.2. The lowest BCUT2D eigenvalue weighted by atomic mass is 9.76. The first-order valence-electron chi connectivity index (χ1n) is 16.0. The molecular formula is C30H50N8O4. The number of aliphatic hydroxyl groups is 2. The number of hydrogen-bond donors (Lipinski definition) is 6. The topological polar surface area (TPSA) is 134 Å². The van der Waals surface area contributed by atoms with Crippen LogP contribution in [-0.2, 0) is 9.47 Å². The summed E-state index contributed by atoms with van der Waals surface area (Å²) >= 11 is 0. The van der Waals surface area contributed by atoms with Gasteiger partial charge in [-0.05, 0) is 62.9 Å². The molecule has 7 N–H and O–H groups in total. The van der Waals surface area contributed by atoms with E-state index >= 15 is 0 Å². The molecule has 5 heterocycles. The molecule has 6 aliphatic rings. The molecular weight excluding hydrogens is 536 g/mol. The highest BCUT2D eigenvalue weighted by Gasteiger charge is 2.53. The third kappa shape index (κ3) is 5.13. The van der Waals surface area contributed by atoms with Crippen LogP contribution in [0.15, 0.2) is 18.2 Å². The van der Waals surface area contributed by atoms with Crippen LogP contribution in [0, 0.1) is 5.92 Å². The summed E-state index contributed by atoms with van der Waals surface area (Å²) in [6, 6.07) is 7.33. The molecule has 1 aromatic carbocycles. The van der Waals surface area contributed by atoms with Crippen molar-refractivity contribution in [3.8, 4) is 0 Å². The van der Waals surface area contributed by atoms with Gasteiger partial charge in [-0.25, -0.2) is 4.90 Å². The van der Waals surface area contributed by atoms with Gasteiger partial charge in [-0.3, -0.25) is 15.5 Å². The molecule has 1 aliphatic carbocycles. The summed E-state index contributed by atoms with van der Waals surface area (Å²) in [4.78, 5) is 9.16. The minimum Gasteiger partial charge on any atom is -0.387 e. The summed E-state index contributed by atoms with van der Waals surface area (Å²) in [7, 11) is 4.33.